The van der Waals surface area contributed by atoms with Crippen molar-refractivity contribution < 1.29 is 4.39 Å². The van der Waals surface area contributed by atoms with Crippen molar-refractivity contribution in [2.45, 2.75) is 25.9 Å². The van der Waals surface area contributed by atoms with E-state index in [4.69, 9.17) is 0 Å². The largest absolute Gasteiger partial charge is 0.313 e. The molecule has 0 aliphatic heterocycles. The summed E-state index contributed by atoms with van der Waals surface area (Å²) < 4.78 is 15.6. The van der Waals surface area contributed by atoms with Gasteiger partial charge in [-0.15, -0.1) is 0 Å². The molecule has 1 atom stereocenters. The van der Waals surface area contributed by atoms with Crippen LogP contribution in [0.1, 0.15) is 24.1 Å². The lowest BCUT2D eigenvalue weighted by atomic mass is 10.0. The van der Waals surface area contributed by atoms with E-state index in [1.54, 1.807) is 6.07 Å². The van der Waals surface area contributed by atoms with Crippen LogP contribution in [0.4, 0.5) is 4.39 Å². The van der Waals surface area contributed by atoms with Crippen LogP contribution in [-0.2, 0) is 13.0 Å². The van der Waals surface area contributed by atoms with Crippen LogP contribution in [0.2, 0.25) is 0 Å². The average molecular weight is 247 g/mol. The Labute approximate surface area is 107 Å². The standard InChI is InChI=1S/C14H18FN3/c1-3-18-10-11(9-17-18)8-14(16-2)12-6-4-5-7-13(12)15/h4-7,9-10,14,16H,3,8H2,1-2H3. The molecule has 0 aliphatic carbocycles. The second-order valence-electron chi connectivity index (χ2n) is 4.27. The summed E-state index contributed by atoms with van der Waals surface area (Å²) in [5, 5.41) is 7.39. The van der Waals surface area contributed by atoms with Crippen LogP contribution in [0.3, 0.4) is 0 Å². The van der Waals surface area contributed by atoms with Crippen LogP contribution < -0.4 is 5.32 Å². The van der Waals surface area contributed by atoms with E-state index < -0.39 is 0 Å². The maximum atomic E-state index is 13.7. The summed E-state index contributed by atoms with van der Waals surface area (Å²) in [5.41, 5.74) is 1.81. The number of hydrogen-bond acceptors (Lipinski definition) is 2. The van der Waals surface area contributed by atoms with E-state index in [-0.39, 0.29) is 11.9 Å². The number of halogens is 1. The first-order chi connectivity index (χ1) is 8.74. The highest BCUT2D eigenvalue weighted by molar-refractivity contribution is 5.23. The number of hydrogen-bond donors (Lipinski definition) is 1. The van der Waals surface area contributed by atoms with Crippen LogP contribution >= 0.6 is 0 Å². The lowest BCUT2D eigenvalue weighted by Crippen LogP contribution is -2.19. The minimum Gasteiger partial charge on any atom is -0.313 e. The molecule has 0 aliphatic rings. The summed E-state index contributed by atoms with van der Waals surface area (Å²) in [7, 11) is 1.85. The molecule has 1 unspecified atom stereocenters. The fourth-order valence-electron chi connectivity index (χ4n) is 2.05. The van der Waals surface area contributed by atoms with Crippen LogP contribution in [0, 0.1) is 5.82 Å². The summed E-state index contributed by atoms with van der Waals surface area (Å²) in [6.45, 7) is 2.90. The fourth-order valence-corrected chi connectivity index (χ4v) is 2.05. The van der Waals surface area contributed by atoms with E-state index in [0.717, 1.165) is 18.5 Å². The summed E-state index contributed by atoms with van der Waals surface area (Å²) in [6, 6.07) is 6.86. The molecule has 2 aromatic rings. The quantitative estimate of drug-likeness (QED) is 0.880. The number of aryl methyl sites for hydroxylation is 1. The van der Waals surface area contributed by atoms with E-state index >= 15 is 0 Å². The first-order valence-corrected chi connectivity index (χ1v) is 6.17. The highest BCUT2D eigenvalue weighted by Gasteiger charge is 2.14. The number of aromatic nitrogens is 2. The molecular weight excluding hydrogens is 229 g/mol. The molecule has 0 bridgehead atoms. The molecule has 2 rings (SSSR count). The zero-order valence-electron chi connectivity index (χ0n) is 10.7. The zero-order valence-corrected chi connectivity index (χ0v) is 10.7. The number of likely N-dealkylation sites (N-methyl/N-ethyl adjacent to an activating group) is 1. The van der Waals surface area contributed by atoms with Crippen molar-refractivity contribution in [3.63, 3.8) is 0 Å². The maximum Gasteiger partial charge on any atom is 0.127 e. The van der Waals surface area contributed by atoms with Crippen molar-refractivity contribution >= 4 is 0 Å². The highest BCUT2D eigenvalue weighted by Crippen LogP contribution is 2.20. The number of nitrogens with one attached hydrogen (secondary N) is 1. The molecule has 18 heavy (non-hydrogen) atoms. The Morgan fingerprint density at radius 1 is 1.39 bits per heavy atom. The number of benzene rings is 1. The van der Waals surface area contributed by atoms with Crippen molar-refractivity contribution in [2.75, 3.05) is 7.05 Å². The lowest BCUT2D eigenvalue weighted by molar-refractivity contribution is 0.533. The van der Waals surface area contributed by atoms with Gasteiger partial charge in [-0.3, -0.25) is 4.68 Å². The third kappa shape index (κ3) is 2.76. The third-order valence-corrected chi connectivity index (χ3v) is 3.08. The van der Waals surface area contributed by atoms with Gasteiger partial charge >= 0.3 is 0 Å². The Balaban J connectivity index is 2.17. The molecule has 1 heterocycles. The fraction of sp³-hybridized carbons (Fsp3) is 0.357. The average Bonchev–Trinajstić information content (AvgIpc) is 2.85. The summed E-state index contributed by atoms with van der Waals surface area (Å²) in [4.78, 5) is 0. The Morgan fingerprint density at radius 2 is 2.17 bits per heavy atom. The van der Waals surface area contributed by atoms with E-state index in [9.17, 15) is 4.39 Å². The van der Waals surface area contributed by atoms with Gasteiger partial charge in [-0.25, -0.2) is 4.39 Å². The van der Waals surface area contributed by atoms with Crippen LogP contribution in [0.15, 0.2) is 36.7 Å². The van der Waals surface area contributed by atoms with Gasteiger partial charge in [0.05, 0.1) is 6.20 Å². The third-order valence-electron chi connectivity index (χ3n) is 3.08. The van der Waals surface area contributed by atoms with Crippen molar-refractivity contribution in [1.29, 1.82) is 0 Å². The predicted octanol–water partition coefficient (Wildman–Crippen LogP) is 2.55. The Kier molecular flexibility index (Phi) is 4.10. The van der Waals surface area contributed by atoms with E-state index in [2.05, 4.69) is 10.4 Å². The topological polar surface area (TPSA) is 29.9 Å². The molecule has 0 radical (unpaired) electrons. The van der Waals surface area contributed by atoms with Crippen LogP contribution in [-0.4, -0.2) is 16.8 Å². The summed E-state index contributed by atoms with van der Waals surface area (Å²) in [6.07, 6.45) is 4.58. The smallest absolute Gasteiger partial charge is 0.127 e. The highest BCUT2D eigenvalue weighted by atomic mass is 19.1. The van der Waals surface area contributed by atoms with Crippen molar-refractivity contribution in [1.82, 2.24) is 15.1 Å². The molecule has 1 N–H and O–H groups in total. The number of rotatable bonds is 5. The van der Waals surface area contributed by atoms with Gasteiger partial charge in [0.25, 0.3) is 0 Å². The van der Waals surface area contributed by atoms with Gasteiger partial charge < -0.3 is 5.32 Å². The van der Waals surface area contributed by atoms with Crippen molar-refractivity contribution in [3.05, 3.63) is 53.6 Å². The van der Waals surface area contributed by atoms with Gasteiger partial charge in [0, 0.05) is 24.3 Å². The normalized spacial score (nSPS) is 12.6. The second kappa shape index (κ2) is 5.78. The molecule has 0 saturated heterocycles. The molecule has 0 spiro atoms. The summed E-state index contributed by atoms with van der Waals surface area (Å²) >= 11 is 0. The SMILES string of the molecule is CCn1cc(CC(NC)c2ccccc2F)cn1. The maximum absolute atomic E-state index is 13.7. The molecule has 0 amide bonds. The summed E-state index contributed by atoms with van der Waals surface area (Å²) in [5.74, 6) is -0.167. The molecule has 3 nitrogen and oxygen atoms in total. The molecule has 96 valence electrons. The monoisotopic (exact) mass is 247 g/mol. The molecule has 1 aromatic carbocycles. The molecular formula is C14H18FN3. The van der Waals surface area contributed by atoms with E-state index in [1.165, 1.54) is 6.07 Å². The van der Waals surface area contributed by atoms with Gasteiger partial charge in [-0.1, -0.05) is 18.2 Å². The van der Waals surface area contributed by atoms with E-state index in [0.29, 0.717) is 5.56 Å². The van der Waals surface area contributed by atoms with Gasteiger partial charge in [0.1, 0.15) is 5.82 Å². The minimum absolute atomic E-state index is 0.0271. The first-order valence-electron chi connectivity index (χ1n) is 6.17. The van der Waals surface area contributed by atoms with Crippen LogP contribution in [0.5, 0.6) is 0 Å². The van der Waals surface area contributed by atoms with Gasteiger partial charge in [0.2, 0.25) is 0 Å². The zero-order chi connectivity index (χ0) is 13.0. The number of nitrogens with zero attached hydrogens (tertiary/aromatic N) is 2. The Hall–Kier alpha value is -1.68. The lowest BCUT2D eigenvalue weighted by Gasteiger charge is -2.16. The van der Waals surface area contributed by atoms with Crippen LogP contribution in [0.25, 0.3) is 0 Å². The van der Waals surface area contributed by atoms with Gasteiger partial charge in [0.15, 0.2) is 0 Å². The molecule has 0 fully saturated rings. The van der Waals surface area contributed by atoms with Gasteiger partial charge in [-0.05, 0) is 32.0 Å². The van der Waals surface area contributed by atoms with Gasteiger partial charge in [-0.2, -0.15) is 5.10 Å². The predicted molar refractivity (Wildman–Crippen MR) is 69.8 cm³/mol. The van der Waals surface area contributed by atoms with E-state index in [1.807, 2.05) is 43.2 Å². The van der Waals surface area contributed by atoms with Crippen molar-refractivity contribution in [2.24, 2.45) is 0 Å². The molecule has 0 saturated carbocycles. The van der Waals surface area contributed by atoms with Crippen molar-refractivity contribution in [3.8, 4) is 0 Å². The Morgan fingerprint density at radius 3 is 2.78 bits per heavy atom. The Bertz CT molecular complexity index is 507. The second-order valence-corrected chi connectivity index (χ2v) is 4.27. The minimum atomic E-state index is -0.167. The molecule has 4 heteroatoms. The molecule has 1 aromatic heterocycles. The first kappa shape index (κ1) is 12.8.